The van der Waals surface area contributed by atoms with E-state index in [0.29, 0.717) is 26.2 Å². The smallest absolute Gasteiger partial charge is 0.234 e. The number of methoxy groups -OCH3 is 1. The second-order valence-corrected chi connectivity index (χ2v) is 4.44. The molecule has 5 heteroatoms. The van der Waals surface area contributed by atoms with E-state index >= 15 is 0 Å². The molecule has 1 heterocycles. The number of amides is 1. The fourth-order valence-electron chi connectivity index (χ4n) is 1.97. The molecule has 0 saturated carbocycles. The zero-order valence-corrected chi connectivity index (χ0v) is 10.4. The van der Waals surface area contributed by atoms with Gasteiger partial charge in [-0.05, 0) is 6.07 Å². The zero-order valence-electron chi connectivity index (χ0n) is 10.4. The van der Waals surface area contributed by atoms with E-state index in [1.807, 2.05) is 29.2 Å². The number of β-amino-alcohol motifs (C(OH)–C–C–N with tert-alkyl or cyclic N) is 1. The second-order valence-electron chi connectivity index (χ2n) is 4.44. The number of likely N-dealkylation sites (tertiary alicyclic amines) is 1. The lowest BCUT2D eigenvalue weighted by molar-refractivity contribution is -0.125. The predicted molar refractivity (Wildman–Crippen MR) is 67.3 cm³/mol. The first-order valence-electron chi connectivity index (χ1n) is 5.98. The number of hydrogen-bond acceptors (Lipinski definition) is 4. The van der Waals surface area contributed by atoms with E-state index in [1.165, 1.54) is 0 Å². The van der Waals surface area contributed by atoms with Crippen LogP contribution in [0.25, 0.3) is 0 Å². The van der Waals surface area contributed by atoms with Crippen LogP contribution in [0.15, 0.2) is 24.3 Å². The summed E-state index contributed by atoms with van der Waals surface area (Å²) in [4.78, 5) is 13.6. The van der Waals surface area contributed by atoms with E-state index < -0.39 is 0 Å². The van der Waals surface area contributed by atoms with Crippen molar-refractivity contribution < 1.29 is 14.6 Å². The number of carbonyl (C=O) groups excluding carboxylic acids is 1. The summed E-state index contributed by atoms with van der Waals surface area (Å²) >= 11 is 0. The highest BCUT2D eigenvalue weighted by atomic mass is 16.5. The van der Waals surface area contributed by atoms with Crippen molar-refractivity contribution in [1.29, 1.82) is 0 Å². The van der Waals surface area contributed by atoms with Gasteiger partial charge in [-0.1, -0.05) is 18.2 Å². The molecule has 0 atom stereocenters. The molecule has 1 aliphatic rings. The van der Waals surface area contributed by atoms with Crippen LogP contribution in [0, 0.1) is 0 Å². The predicted octanol–water partition coefficient (Wildman–Crippen LogP) is -0.0121. The van der Waals surface area contributed by atoms with Gasteiger partial charge in [-0.15, -0.1) is 0 Å². The number of ether oxygens (including phenoxy) is 1. The van der Waals surface area contributed by atoms with Gasteiger partial charge in [-0.3, -0.25) is 9.69 Å². The van der Waals surface area contributed by atoms with Crippen LogP contribution in [-0.2, 0) is 11.3 Å². The number of aliphatic hydroxyl groups excluding tert-OH is 1. The number of aliphatic hydroxyl groups is 1. The van der Waals surface area contributed by atoms with Crippen LogP contribution in [0.5, 0.6) is 5.75 Å². The summed E-state index contributed by atoms with van der Waals surface area (Å²) in [5.41, 5.74) is 0.956. The molecule has 0 aromatic heterocycles. The third-order valence-corrected chi connectivity index (χ3v) is 2.97. The molecule has 0 bridgehead atoms. The van der Waals surface area contributed by atoms with Crippen LogP contribution in [-0.4, -0.2) is 48.8 Å². The molecule has 2 rings (SSSR count). The van der Waals surface area contributed by atoms with Crippen LogP contribution in [0.2, 0.25) is 0 Å². The van der Waals surface area contributed by atoms with Gasteiger partial charge in [0.05, 0.1) is 19.8 Å². The summed E-state index contributed by atoms with van der Waals surface area (Å²) in [6.45, 7) is 1.97. The largest absolute Gasteiger partial charge is 0.496 e. The number of nitrogens with one attached hydrogen (secondary N) is 1. The highest BCUT2D eigenvalue weighted by Crippen LogP contribution is 2.16. The van der Waals surface area contributed by atoms with Gasteiger partial charge < -0.3 is 15.2 Å². The van der Waals surface area contributed by atoms with E-state index in [2.05, 4.69) is 5.32 Å². The molecule has 2 N–H and O–H groups in total. The van der Waals surface area contributed by atoms with Crippen LogP contribution < -0.4 is 10.1 Å². The number of benzene rings is 1. The molecule has 18 heavy (non-hydrogen) atoms. The second kappa shape index (κ2) is 5.84. The Balaban J connectivity index is 1.78. The molecular formula is C13H18N2O3. The Bertz CT molecular complexity index is 416. The number of hydrogen-bond donors (Lipinski definition) is 2. The Hall–Kier alpha value is -1.59. The van der Waals surface area contributed by atoms with E-state index in [4.69, 9.17) is 9.84 Å². The molecule has 1 aromatic carbocycles. The first kappa shape index (κ1) is 12.9. The van der Waals surface area contributed by atoms with Gasteiger partial charge in [0.15, 0.2) is 0 Å². The van der Waals surface area contributed by atoms with E-state index in [-0.39, 0.29) is 12.0 Å². The van der Waals surface area contributed by atoms with Gasteiger partial charge in [-0.2, -0.15) is 0 Å². The third kappa shape index (κ3) is 3.21. The number of rotatable bonds is 5. The Labute approximate surface area is 106 Å². The minimum absolute atomic E-state index is 0.0344. The topological polar surface area (TPSA) is 61.8 Å². The number of carbonyl (C=O) groups is 1. The highest BCUT2D eigenvalue weighted by Gasteiger charge is 2.25. The maximum atomic E-state index is 11.7. The van der Waals surface area contributed by atoms with E-state index in [9.17, 15) is 4.79 Å². The van der Waals surface area contributed by atoms with Gasteiger partial charge in [-0.25, -0.2) is 0 Å². The molecule has 98 valence electrons. The molecule has 0 spiro atoms. The minimum Gasteiger partial charge on any atom is -0.496 e. The SMILES string of the molecule is COc1ccccc1CNC(=O)CN1CC(O)C1. The van der Waals surface area contributed by atoms with Crippen LogP contribution in [0.1, 0.15) is 5.56 Å². The Morgan fingerprint density at radius 3 is 2.89 bits per heavy atom. The van der Waals surface area contributed by atoms with Gasteiger partial charge in [0.25, 0.3) is 0 Å². The van der Waals surface area contributed by atoms with Crippen molar-refractivity contribution in [1.82, 2.24) is 10.2 Å². The Kier molecular flexibility index (Phi) is 4.17. The molecule has 0 radical (unpaired) electrons. The zero-order chi connectivity index (χ0) is 13.0. The summed E-state index contributed by atoms with van der Waals surface area (Å²) in [7, 11) is 1.61. The lowest BCUT2D eigenvalue weighted by atomic mass is 10.1. The van der Waals surface area contributed by atoms with Crippen LogP contribution in [0.4, 0.5) is 0 Å². The maximum Gasteiger partial charge on any atom is 0.234 e. The molecular weight excluding hydrogens is 232 g/mol. The van der Waals surface area contributed by atoms with Crippen LogP contribution in [0.3, 0.4) is 0 Å². The Morgan fingerprint density at radius 2 is 2.22 bits per heavy atom. The van der Waals surface area contributed by atoms with Crippen molar-refractivity contribution >= 4 is 5.91 Å². The van der Waals surface area contributed by atoms with Gasteiger partial charge in [0.1, 0.15) is 5.75 Å². The van der Waals surface area contributed by atoms with Crippen LogP contribution >= 0.6 is 0 Å². The van der Waals surface area contributed by atoms with Gasteiger partial charge in [0, 0.05) is 25.2 Å². The van der Waals surface area contributed by atoms with Crippen molar-refractivity contribution in [2.75, 3.05) is 26.7 Å². The van der Waals surface area contributed by atoms with Crippen molar-refractivity contribution in [3.63, 3.8) is 0 Å². The average Bonchev–Trinajstić information content (AvgIpc) is 2.35. The molecule has 1 saturated heterocycles. The molecule has 1 amide bonds. The third-order valence-electron chi connectivity index (χ3n) is 2.97. The first-order chi connectivity index (χ1) is 8.69. The number of nitrogens with zero attached hydrogens (tertiary/aromatic N) is 1. The summed E-state index contributed by atoms with van der Waals surface area (Å²) in [5.74, 6) is 0.741. The van der Waals surface area contributed by atoms with Crippen molar-refractivity contribution in [2.24, 2.45) is 0 Å². The minimum atomic E-state index is -0.271. The molecule has 0 unspecified atom stereocenters. The molecule has 0 aliphatic carbocycles. The van der Waals surface area contributed by atoms with Crippen molar-refractivity contribution in [2.45, 2.75) is 12.6 Å². The van der Waals surface area contributed by atoms with Crippen molar-refractivity contribution in [3.8, 4) is 5.75 Å². The monoisotopic (exact) mass is 250 g/mol. The quantitative estimate of drug-likeness (QED) is 0.771. The number of para-hydroxylation sites is 1. The molecule has 1 aliphatic heterocycles. The fraction of sp³-hybridized carbons (Fsp3) is 0.462. The lowest BCUT2D eigenvalue weighted by Gasteiger charge is -2.35. The van der Waals surface area contributed by atoms with E-state index in [1.54, 1.807) is 7.11 Å². The maximum absolute atomic E-state index is 11.7. The highest BCUT2D eigenvalue weighted by molar-refractivity contribution is 5.78. The summed E-state index contributed by atoms with van der Waals surface area (Å²) < 4.78 is 5.21. The standard InChI is InChI=1S/C13H18N2O3/c1-18-12-5-3-2-4-10(12)6-14-13(17)9-15-7-11(16)8-15/h2-5,11,16H,6-9H2,1H3,(H,14,17). The lowest BCUT2D eigenvalue weighted by Crippen LogP contribution is -2.53. The van der Waals surface area contributed by atoms with Gasteiger partial charge >= 0.3 is 0 Å². The molecule has 1 fully saturated rings. The average molecular weight is 250 g/mol. The molecule has 5 nitrogen and oxygen atoms in total. The first-order valence-corrected chi connectivity index (χ1v) is 5.98. The van der Waals surface area contributed by atoms with E-state index in [0.717, 1.165) is 11.3 Å². The summed E-state index contributed by atoms with van der Waals surface area (Å²) in [5, 5.41) is 12.0. The molecule has 1 aromatic rings. The van der Waals surface area contributed by atoms with Gasteiger partial charge in [0.2, 0.25) is 5.91 Å². The van der Waals surface area contributed by atoms with Crippen molar-refractivity contribution in [3.05, 3.63) is 29.8 Å². The summed E-state index contributed by atoms with van der Waals surface area (Å²) in [6, 6.07) is 7.60. The fourth-order valence-corrected chi connectivity index (χ4v) is 1.97. The normalized spacial score (nSPS) is 16.1. The Morgan fingerprint density at radius 1 is 1.50 bits per heavy atom. The summed E-state index contributed by atoms with van der Waals surface area (Å²) in [6.07, 6.45) is -0.271.